The maximum absolute atomic E-state index is 13.9. The number of amides is 1. The van der Waals surface area contributed by atoms with E-state index in [2.05, 4.69) is 10.4 Å². The van der Waals surface area contributed by atoms with Gasteiger partial charge in [0.25, 0.3) is 5.91 Å². The fraction of sp³-hybridized carbons (Fsp3) is 0.233. The number of nitrogens with zero attached hydrogens (tertiary/aromatic N) is 2. The van der Waals surface area contributed by atoms with Crippen molar-refractivity contribution in [3.63, 3.8) is 0 Å². The first-order valence-electron chi connectivity index (χ1n) is 12.6. The number of carbonyl (C=O) groups excluding carboxylic acids is 2. The molecule has 0 bridgehead atoms. The number of aromatic nitrogens is 2. The molecule has 0 unspecified atom stereocenters. The molecule has 0 atom stereocenters. The Morgan fingerprint density at radius 2 is 1.75 bits per heavy atom. The fourth-order valence-electron chi connectivity index (χ4n) is 4.87. The van der Waals surface area contributed by atoms with Crippen molar-refractivity contribution in [1.29, 1.82) is 0 Å². The van der Waals surface area contributed by atoms with Crippen LogP contribution in [0.3, 0.4) is 0 Å². The highest BCUT2D eigenvalue weighted by molar-refractivity contribution is 6.01. The number of primary amides is 1. The highest BCUT2D eigenvalue weighted by atomic mass is 19.4. The molecule has 0 aliphatic heterocycles. The van der Waals surface area contributed by atoms with Crippen molar-refractivity contribution in [3.05, 3.63) is 101 Å². The average molecular weight is 549 g/mol. The van der Waals surface area contributed by atoms with Crippen LogP contribution in [0, 0.1) is 5.41 Å². The third-order valence-corrected chi connectivity index (χ3v) is 6.71. The topological polar surface area (TPSA) is 99.2 Å². The molecular formula is C30H27F3N4O3. The van der Waals surface area contributed by atoms with Crippen molar-refractivity contribution in [1.82, 2.24) is 9.78 Å². The Hall–Kier alpha value is -4.60. The molecule has 1 aliphatic carbocycles. The van der Waals surface area contributed by atoms with Crippen LogP contribution in [0.4, 0.5) is 24.5 Å². The lowest BCUT2D eigenvalue weighted by Gasteiger charge is -2.29. The molecule has 1 amide bonds. The number of rotatable bonds is 7. The van der Waals surface area contributed by atoms with Crippen LogP contribution < -0.4 is 15.8 Å². The standard InChI is InChI=1S/C30H27F3N4O3/c1-29(2)15-24-26(25(38)16-29)27(30(31,32)33)36-37(24)20-10-13-22(28(34)39)23(14-20)35-19-8-11-21(12-9-19)40-17-18-6-4-3-5-7-18/h3-14,35H,15-17H2,1-2H3,(H2,34,39). The number of Topliss-reactive ketones (excluding diaryl/α,β-unsaturated/α-hetero) is 1. The van der Waals surface area contributed by atoms with Crippen molar-refractivity contribution in [2.24, 2.45) is 11.1 Å². The second-order valence-corrected chi connectivity index (χ2v) is 10.5. The molecule has 3 N–H and O–H groups in total. The van der Waals surface area contributed by atoms with Gasteiger partial charge >= 0.3 is 6.18 Å². The highest BCUT2D eigenvalue weighted by Crippen LogP contribution is 2.42. The Labute approximate surface area is 228 Å². The largest absolute Gasteiger partial charge is 0.489 e. The monoisotopic (exact) mass is 548 g/mol. The van der Waals surface area contributed by atoms with Gasteiger partial charge in [0.15, 0.2) is 11.5 Å². The second-order valence-electron chi connectivity index (χ2n) is 10.5. The molecule has 0 spiro atoms. The van der Waals surface area contributed by atoms with E-state index in [0.717, 1.165) is 10.2 Å². The number of halogens is 3. The van der Waals surface area contributed by atoms with Gasteiger partial charge in [-0.3, -0.25) is 9.59 Å². The van der Waals surface area contributed by atoms with Gasteiger partial charge in [-0.15, -0.1) is 0 Å². The zero-order chi connectivity index (χ0) is 28.7. The normalized spacial score (nSPS) is 14.5. The zero-order valence-corrected chi connectivity index (χ0v) is 21.9. The summed E-state index contributed by atoms with van der Waals surface area (Å²) in [5.74, 6) is -0.674. The first-order chi connectivity index (χ1) is 18.9. The summed E-state index contributed by atoms with van der Waals surface area (Å²) in [6.07, 6.45) is -4.58. The summed E-state index contributed by atoms with van der Waals surface area (Å²) in [6.45, 7) is 4.05. The Bertz CT molecular complexity index is 1580. The molecule has 1 aromatic heterocycles. The molecule has 1 heterocycles. The third-order valence-electron chi connectivity index (χ3n) is 6.71. The van der Waals surface area contributed by atoms with Gasteiger partial charge in [0, 0.05) is 12.1 Å². The van der Waals surface area contributed by atoms with Crippen LogP contribution in [-0.4, -0.2) is 21.5 Å². The molecule has 5 rings (SSSR count). The number of fused-ring (bicyclic) bond motifs is 1. The molecule has 0 saturated heterocycles. The predicted molar refractivity (Wildman–Crippen MR) is 144 cm³/mol. The van der Waals surface area contributed by atoms with Crippen molar-refractivity contribution >= 4 is 23.1 Å². The summed E-state index contributed by atoms with van der Waals surface area (Å²) in [5, 5.41) is 6.96. The van der Waals surface area contributed by atoms with Crippen molar-refractivity contribution < 1.29 is 27.5 Å². The minimum absolute atomic E-state index is 0.00670. The van der Waals surface area contributed by atoms with E-state index < -0.39 is 34.5 Å². The van der Waals surface area contributed by atoms with Crippen LogP contribution in [0.1, 0.15) is 57.9 Å². The van der Waals surface area contributed by atoms with Crippen LogP contribution in [-0.2, 0) is 19.2 Å². The number of ketones is 1. The summed E-state index contributed by atoms with van der Waals surface area (Å²) >= 11 is 0. The Morgan fingerprint density at radius 3 is 2.40 bits per heavy atom. The summed E-state index contributed by atoms with van der Waals surface area (Å²) < 4.78 is 48.6. The molecule has 1 aliphatic rings. The van der Waals surface area contributed by atoms with Gasteiger partial charge in [-0.25, -0.2) is 4.68 Å². The van der Waals surface area contributed by atoms with Crippen LogP contribution in [0.2, 0.25) is 0 Å². The number of nitrogens with one attached hydrogen (secondary N) is 1. The van der Waals surface area contributed by atoms with Gasteiger partial charge in [-0.2, -0.15) is 18.3 Å². The number of benzene rings is 3. The van der Waals surface area contributed by atoms with Crippen molar-refractivity contribution in [3.8, 4) is 11.4 Å². The third kappa shape index (κ3) is 5.56. The van der Waals surface area contributed by atoms with E-state index in [9.17, 15) is 22.8 Å². The van der Waals surface area contributed by atoms with Gasteiger partial charge in [0.05, 0.1) is 28.2 Å². The molecule has 0 saturated carbocycles. The van der Waals surface area contributed by atoms with E-state index in [0.29, 0.717) is 18.0 Å². The number of anilines is 2. The summed E-state index contributed by atoms with van der Waals surface area (Å²) in [6, 6.07) is 21.1. The Balaban J connectivity index is 1.47. The second kappa shape index (κ2) is 10.2. The van der Waals surface area contributed by atoms with E-state index in [4.69, 9.17) is 10.5 Å². The van der Waals surface area contributed by atoms with Crippen LogP contribution in [0.5, 0.6) is 5.75 Å². The minimum Gasteiger partial charge on any atom is -0.489 e. The highest BCUT2D eigenvalue weighted by Gasteiger charge is 2.45. The number of hydrogen-bond acceptors (Lipinski definition) is 5. The quantitative estimate of drug-likeness (QED) is 0.276. The molecule has 3 aromatic carbocycles. The van der Waals surface area contributed by atoms with Gasteiger partial charge < -0.3 is 15.8 Å². The predicted octanol–water partition coefficient (Wildman–Crippen LogP) is 6.47. The lowest BCUT2D eigenvalue weighted by Crippen LogP contribution is -2.29. The number of carbonyl (C=O) groups is 2. The zero-order valence-electron chi connectivity index (χ0n) is 21.9. The first kappa shape index (κ1) is 27.0. The van der Waals surface area contributed by atoms with E-state index >= 15 is 0 Å². The lowest BCUT2D eigenvalue weighted by atomic mass is 9.75. The molecule has 4 aromatic rings. The molecule has 206 valence electrons. The van der Waals surface area contributed by atoms with Crippen molar-refractivity contribution in [2.45, 2.75) is 39.5 Å². The molecular weight excluding hydrogens is 521 g/mol. The SMILES string of the molecule is CC1(C)CC(=O)c2c(C(F)(F)F)nn(-c3ccc(C(N)=O)c(Nc4ccc(OCc5ccccc5)cc4)c3)c2C1. The lowest BCUT2D eigenvalue weighted by molar-refractivity contribution is -0.141. The summed E-state index contributed by atoms with van der Waals surface area (Å²) in [7, 11) is 0. The van der Waals surface area contributed by atoms with Gasteiger partial charge in [0.2, 0.25) is 0 Å². The van der Waals surface area contributed by atoms with Gasteiger partial charge in [-0.05, 0) is 59.9 Å². The number of ether oxygens (including phenoxy) is 1. The summed E-state index contributed by atoms with van der Waals surface area (Å²) in [4.78, 5) is 25.0. The first-order valence-corrected chi connectivity index (χ1v) is 12.6. The van der Waals surface area contributed by atoms with Gasteiger partial charge in [0.1, 0.15) is 12.4 Å². The Morgan fingerprint density at radius 1 is 1.05 bits per heavy atom. The number of hydrogen-bond donors (Lipinski definition) is 2. The average Bonchev–Trinajstić information content (AvgIpc) is 3.28. The van der Waals surface area contributed by atoms with Gasteiger partial charge in [-0.1, -0.05) is 44.2 Å². The Kier molecular flexibility index (Phi) is 6.87. The van der Waals surface area contributed by atoms with E-state index in [1.807, 2.05) is 44.2 Å². The molecule has 0 radical (unpaired) electrons. The van der Waals surface area contributed by atoms with Crippen LogP contribution in [0.25, 0.3) is 5.69 Å². The molecule has 10 heteroatoms. The molecule has 7 nitrogen and oxygen atoms in total. The van der Waals surface area contributed by atoms with Crippen LogP contribution in [0.15, 0.2) is 72.8 Å². The maximum atomic E-state index is 13.9. The van der Waals surface area contributed by atoms with E-state index in [-0.39, 0.29) is 35.5 Å². The molecule has 0 fully saturated rings. The van der Waals surface area contributed by atoms with Crippen molar-refractivity contribution in [2.75, 3.05) is 5.32 Å². The summed E-state index contributed by atoms with van der Waals surface area (Å²) in [5.41, 5.74) is 5.93. The minimum atomic E-state index is -4.80. The van der Waals surface area contributed by atoms with E-state index in [1.54, 1.807) is 24.3 Å². The smallest absolute Gasteiger partial charge is 0.435 e. The number of nitrogens with two attached hydrogens (primary N) is 1. The molecule has 40 heavy (non-hydrogen) atoms. The van der Waals surface area contributed by atoms with Crippen LogP contribution >= 0.6 is 0 Å². The maximum Gasteiger partial charge on any atom is 0.435 e. The number of alkyl halides is 3. The van der Waals surface area contributed by atoms with E-state index in [1.165, 1.54) is 18.2 Å². The fourth-order valence-corrected chi connectivity index (χ4v) is 4.87.